The molecule has 2 N–H and O–H groups in total. The quantitative estimate of drug-likeness (QED) is 0.782. The highest BCUT2D eigenvalue weighted by molar-refractivity contribution is 7.77. The van der Waals surface area contributed by atoms with Crippen molar-refractivity contribution in [3.63, 3.8) is 0 Å². The second kappa shape index (κ2) is 7.24. The Morgan fingerprint density at radius 2 is 1.96 bits per heavy atom. The molecule has 0 saturated heterocycles. The van der Waals surface area contributed by atoms with Crippen molar-refractivity contribution in [1.29, 1.82) is 5.26 Å². The second-order valence-corrected chi connectivity index (χ2v) is 7.62. The maximum atomic E-state index is 13.4. The Balaban J connectivity index is 2.22. The summed E-state index contributed by atoms with van der Waals surface area (Å²) in [5.41, 5.74) is 3.45. The maximum absolute atomic E-state index is 13.4. The van der Waals surface area contributed by atoms with Crippen LogP contribution in [0.3, 0.4) is 0 Å². The molecule has 0 aliphatic carbocycles. The number of rotatable bonds is 4. The number of hydrogen-bond donors (Lipinski definition) is 2. The molecule has 27 heavy (non-hydrogen) atoms. The van der Waals surface area contributed by atoms with Gasteiger partial charge in [-0.05, 0) is 55.7 Å². The first-order valence-electron chi connectivity index (χ1n) is 8.31. The first kappa shape index (κ1) is 19.2. The lowest BCUT2D eigenvalue weighted by Gasteiger charge is -2.35. The summed E-state index contributed by atoms with van der Waals surface area (Å²) in [7, 11) is 0. The van der Waals surface area contributed by atoms with Crippen LogP contribution in [-0.4, -0.2) is 14.4 Å². The van der Waals surface area contributed by atoms with Crippen LogP contribution in [0.2, 0.25) is 0 Å². The van der Waals surface area contributed by atoms with Crippen LogP contribution in [0.1, 0.15) is 36.1 Å². The van der Waals surface area contributed by atoms with Crippen molar-refractivity contribution in [3.8, 4) is 11.8 Å². The van der Waals surface area contributed by atoms with Gasteiger partial charge in [-0.3, -0.25) is 4.55 Å². The van der Waals surface area contributed by atoms with E-state index in [1.165, 1.54) is 12.1 Å². The molecule has 0 aromatic heterocycles. The Labute approximate surface area is 159 Å². The summed E-state index contributed by atoms with van der Waals surface area (Å²) in [6.45, 7) is 5.70. The van der Waals surface area contributed by atoms with Gasteiger partial charge in [-0.15, -0.1) is 0 Å². The molecular weight excluding hydrogens is 367 g/mol. The molecule has 2 aromatic carbocycles. The Morgan fingerprint density at radius 3 is 2.56 bits per heavy atom. The molecule has 1 aliphatic rings. The lowest BCUT2D eigenvalue weighted by molar-refractivity contribution is 0.149. The number of nitrogens with zero attached hydrogens (tertiary/aromatic N) is 1. The molecule has 0 fully saturated rings. The Bertz CT molecular complexity index is 992. The van der Waals surface area contributed by atoms with Crippen LogP contribution in [0.25, 0.3) is 5.57 Å². The molecule has 0 bridgehead atoms. The Morgan fingerprint density at radius 1 is 1.30 bits per heavy atom. The number of aryl methyl sites for hydroxylation is 1. The largest absolute Gasteiger partial charge is 0.482 e. The monoisotopic (exact) mass is 386 g/mol. The van der Waals surface area contributed by atoms with Gasteiger partial charge in [0.25, 0.3) is 0 Å². The molecule has 3 rings (SSSR count). The van der Waals surface area contributed by atoms with E-state index in [2.05, 4.69) is 10.8 Å². The Hall–Kier alpha value is -2.53. The number of nitriles is 1. The zero-order chi connectivity index (χ0) is 19.8. The summed E-state index contributed by atoms with van der Waals surface area (Å²) in [4.78, 5) is 0. The van der Waals surface area contributed by atoms with Gasteiger partial charge in [0.15, 0.2) is 0 Å². The van der Waals surface area contributed by atoms with E-state index >= 15 is 0 Å². The fraction of sp³-hybridized carbons (Fsp3) is 0.250. The average molecular weight is 386 g/mol. The van der Waals surface area contributed by atoms with Crippen LogP contribution >= 0.6 is 0 Å². The minimum atomic E-state index is -2.11. The van der Waals surface area contributed by atoms with Crippen LogP contribution in [-0.2, 0) is 17.8 Å². The predicted molar refractivity (Wildman–Crippen MR) is 102 cm³/mol. The van der Waals surface area contributed by atoms with E-state index in [0.717, 1.165) is 22.3 Å². The Kier molecular flexibility index (Phi) is 5.16. The molecule has 1 unspecified atom stereocenters. The smallest absolute Gasteiger partial charge is 0.232 e. The molecule has 2 aromatic rings. The maximum Gasteiger partial charge on any atom is 0.232 e. The predicted octanol–water partition coefficient (Wildman–Crippen LogP) is 3.86. The van der Waals surface area contributed by atoms with Crippen LogP contribution in [0.4, 0.5) is 4.39 Å². The summed E-state index contributed by atoms with van der Waals surface area (Å²) in [6.07, 6.45) is 0. The zero-order valence-electron chi connectivity index (χ0n) is 15.2. The number of hydrogen-bond acceptors (Lipinski definition) is 3. The minimum Gasteiger partial charge on any atom is -0.482 e. The lowest BCUT2D eigenvalue weighted by atomic mass is 9.81. The van der Waals surface area contributed by atoms with Crippen molar-refractivity contribution in [2.24, 2.45) is 0 Å². The molecule has 5 nitrogen and oxygen atoms in total. The van der Waals surface area contributed by atoms with Gasteiger partial charge in [-0.2, -0.15) is 5.26 Å². The van der Waals surface area contributed by atoms with E-state index in [9.17, 15) is 13.9 Å². The van der Waals surface area contributed by atoms with Gasteiger partial charge in [-0.25, -0.2) is 13.3 Å². The molecule has 140 valence electrons. The fourth-order valence-electron chi connectivity index (χ4n) is 3.32. The van der Waals surface area contributed by atoms with E-state index in [1.54, 1.807) is 32.0 Å². The van der Waals surface area contributed by atoms with E-state index < -0.39 is 16.9 Å². The zero-order valence-corrected chi connectivity index (χ0v) is 16.0. The van der Waals surface area contributed by atoms with Gasteiger partial charge >= 0.3 is 0 Å². The number of ether oxygens (including phenoxy) is 1. The summed E-state index contributed by atoms with van der Waals surface area (Å²) in [6, 6.07) is 12.0. The third-order valence-electron chi connectivity index (χ3n) is 4.47. The fourth-order valence-corrected chi connectivity index (χ4v) is 3.61. The summed E-state index contributed by atoms with van der Waals surface area (Å²) >= 11 is -2.11. The summed E-state index contributed by atoms with van der Waals surface area (Å²) < 4.78 is 41.8. The van der Waals surface area contributed by atoms with Crippen molar-refractivity contribution < 1.29 is 17.9 Å². The molecule has 7 heteroatoms. The number of fused-ring (bicyclic) bond motifs is 1. The van der Waals surface area contributed by atoms with Gasteiger partial charge in [0.05, 0.1) is 11.6 Å². The van der Waals surface area contributed by atoms with Gasteiger partial charge in [-0.1, -0.05) is 18.2 Å². The van der Waals surface area contributed by atoms with Crippen molar-refractivity contribution in [2.75, 3.05) is 0 Å². The third-order valence-corrected chi connectivity index (χ3v) is 4.86. The number of halogens is 1. The number of benzene rings is 2. The van der Waals surface area contributed by atoms with E-state index in [1.807, 2.05) is 13.0 Å². The standard InChI is InChI=1S/C20H19FN2O3S/c1-12-8-13(11-23-27(24)25)9-17-18(12)19(14-4-6-15(21)7-5-14)16(10-22)20(2,3)26-17/h4-9,23H,11H2,1-3H3,(H,24,25). The number of nitrogens with one attached hydrogen (secondary N) is 1. The SMILES string of the molecule is Cc1cc(CNS(=O)O)cc2c1C(c1ccc(F)cc1)=C(C#N)C(C)(C)O2. The lowest BCUT2D eigenvalue weighted by Crippen LogP contribution is -2.35. The summed E-state index contributed by atoms with van der Waals surface area (Å²) in [5.74, 6) is 0.235. The van der Waals surface area contributed by atoms with Gasteiger partial charge in [0.2, 0.25) is 11.3 Å². The highest BCUT2D eigenvalue weighted by Gasteiger charge is 2.36. The molecule has 0 amide bonds. The van der Waals surface area contributed by atoms with Gasteiger partial charge < -0.3 is 4.74 Å². The first-order chi connectivity index (χ1) is 12.7. The highest BCUT2D eigenvalue weighted by Crippen LogP contribution is 2.45. The van der Waals surface area contributed by atoms with E-state index in [-0.39, 0.29) is 12.4 Å². The molecule has 0 saturated carbocycles. The van der Waals surface area contributed by atoms with E-state index in [4.69, 9.17) is 9.29 Å². The van der Waals surface area contributed by atoms with Gasteiger partial charge in [0, 0.05) is 17.7 Å². The van der Waals surface area contributed by atoms with Crippen molar-refractivity contribution in [2.45, 2.75) is 32.9 Å². The third kappa shape index (κ3) is 3.78. The van der Waals surface area contributed by atoms with Crippen molar-refractivity contribution in [3.05, 3.63) is 70.0 Å². The normalized spacial score (nSPS) is 16.3. The topological polar surface area (TPSA) is 82.4 Å². The minimum absolute atomic E-state index is 0.196. The van der Waals surface area contributed by atoms with Crippen molar-refractivity contribution in [1.82, 2.24) is 4.72 Å². The molecular formula is C20H19FN2O3S. The molecule has 0 spiro atoms. The first-order valence-corrected chi connectivity index (χ1v) is 9.41. The molecule has 0 radical (unpaired) electrons. The van der Waals surface area contributed by atoms with Crippen LogP contribution in [0.5, 0.6) is 5.75 Å². The van der Waals surface area contributed by atoms with Crippen LogP contribution in [0, 0.1) is 24.1 Å². The average Bonchev–Trinajstić information content (AvgIpc) is 2.58. The summed E-state index contributed by atoms with van der Waals surface area (Å²) in [5, 5.41) is 9.80. The van der Waals surface area contributed by atoms with E-state index in [0.29, 0.717) is 16.9 Å². The molecule has 1 aliphatic heterocycles. The van der Waals surface area contributed by atoms with Gasteiger partial charge in [0.1, 0.15) is 17.2 Å². The second-order valence-electron chi connectivity index (χ2n) is 6.84. The molecule has 1 heterocycles. The van der Waals surface area contributed by atoms with Crippen molar-refractivity contribution >= 4 is 16.8 Å². The van der Waals surface area contributed by atoms with Crippen LogP contribution < -0.4 is 9.46 Å². The van der Waals surface area contributed by atoms with Crippen LogP contribution in [0.15, 0.2) is 42.0 Å². The molecule has 1 atom stereocenters. The highest BCUT2D eigenvalue weighted by atomic mass is 32.2.